The fourth-order valence-corrected chi connectivity index (χ4v) is 3.50. The lowest BCUT2D eigenvalue weighted by molar-refractivity contribution is -0.137. The number of rotatable bonds is 6. The molecular formula is C25H21F3N2O3. The van der Waals surface area contributed by atoms with Gasteiger partial charge in [-0.25, -0.2) is 4.98 Å². The van der Waals surface area contributed by atoms with E-state index >= 15 is 0 Å². The highest BCUT2D eigenvalue weighted by molar-refractivity contribution is 5.97. The van der Waals surface area contributed by atoms with Gasteiger partial charge in [0.25, 0.3) is 0 Å². The van der Waals surface area contributed by atoms with Gasteiger partial charge in [-0.05, 0) is 48.2 Å². The lowest BCUT2D eigenvalue weighted by atomic mass is 10.1. The second-order valence-corrected chi connectivity index (χ2v) is 7.55. The quantitative estimate of drug-likeness (QED) is 0.303. The van der Waals surface area contributed by atoms with E-state index in [1.54, 1.807) is 48.7 Å². The number of nitrogens with zero attached hydrogens (tertiary/aromatic N) is 1. The number of alkyl halides is 3. The molecule has 0 radical (unpaired) electrons. The maximum absolute atomic E-state index is 13.1. The Labute approximate surface area is 188 Å². The Hall–Kier alpha value is -3.62. The Balaban J connectivity index is 1.66. The van der Waals surface area contributed by atoms with E-state index in [2.05, 4.69) is 10.3 Å². The van der Waals surface area contributed by atoms with E-state index in [-0.39, 0.29) is 11.8 Å². The van der Waals surface area contributed by atoms with E-state index < -0.39 is 18.0 Å². The molecule has 170 valence electrons. The van der Waals surface area contributed by atoms with Crippen molar-refractivity contribution in [2.24, 2.45) is 0 Å². The summed E-state index contributed by atoms with van der Waals surface area (Å²) in [5.41, 5.74) is 0.474. The molecule has 1 aromatic heterocycles. The minimum Gasteiger partial charge on any atom is -0.457 e. The third kappa shape index (κ3) is 5.08. The van der Waals surface area contributed by atoms with Crippen LogP contribution < -0.4 is 10.1 Å². The summed E-state index contributed by atoms with van der Waals surface area (Å²) in [6, 6.07) is 18.4. The number of benzene rings is 3. The molecule has 0 bridgehead atoms. The van der Waals surface area contributed by atoms with E-state index in [9.17, 15) is 23.4 Å². The normalized spacial score (nSPS) is 12.7. The van der Waals surface area contributed by atoms with Crippen molar-refractivity contribution >= 4 is 16.6 Å². The maximum Gasteiger partial charge on any atom is 0.416 e. The van der Waals surface area contributed by atoms with E-state index in [4.69, 9.17) is 4.74 Å². The van der Waals surface area contributed by atoms with Gasteiger partial charge in [-0.15, -0.1) is 0 Å². The molecule has 0 aliphatic rings. The van der Waals surface area contributed by atoms with Crippen molar-refractivity contribution < 1.29 is 28.1 Å². The molecule has 3 aromatic carbocycles. The fraction of sp³-hybridized carbons (Fsp3) is 0.160. The van der Waals surface area contributed by atoms with Gasteiger partial charge in [0.2, 0.25) is 0 Å². The van der Waals surface area contributed by atoms with E-state index in [0.717, 1.165) is 23.1 Å². The molecule has 0 unspecified atom stereocenters. The van der Waals surface area contributed by atoms with Crippen molar-refractivity contribution in [1.29, 1.82) is 0 Å². The Bertz CT molecular complexity index is 1250. The van der Waals surface area contributed by atoms with E-state index in [1.165, 1.54) is 12.1 Å². The topological polar surface area (TPSA) is 74.6 Å². The van der Waals surface area contributed by atoms with Crippen LogP contribution in [0.4, 0.5) is 19.0 Å². The van der Waals surface area contributed by atoms with Crippen LogP contribution in [0.5, 0.6) is 11.5 Å². The van der Waals surface area contributed by atoms with Crippen molar-refractivity contribution in [2.45, 2.75) is 25.4 Å². The minimum absolute atomic E-state index is 0.0679. The molecular weight excluding hydrogens is 433 g/mol. The summed E-state index contributed by atoms with van der Waals surface area (Å²) in [5, 5.41) is 23.3. The largest absolute Gasteiger partial charge is 0.457 e. The van der Waals surface area contributed by atoms with Gasteiger partial charge in [0.1, 0.15) is 17.3 Å². The van der Waals surface area contributed by atoms with Crippen molar-refractivity contribution in [3.8, 4) is 11.5 Å². The third-order valence-corrected chi connectivity index (χ3v) is 5.23. The molecule has 1 heterocycles. The Kier molecular flexibility index (Phi) is 6.22. The number of fused-ring (bicyclic) bond motifs is 1. The molecule has 0 fully saturated rings. The Morgan fingerprint density at radius 1 is 0.909 bits per heavy atom. The van der Waals surface area contributed by atoms with Crippen molar-refractivity contribution in [3.05, 3.63) is 95.7 Å². The molecule has 0 aliphatic heterocycles. The first-order valence-corrected chi connectivity index (χ1v) is 10.2. The van der Waals surface area contributed by atoms with Crippen molar-refractivity contribution in [2.75, 3.05) is 5.32 Å². The van der Waals surface area contributed by atoms with Gasteiger partial charge in [0, 0.05) is 17.8 Å². The number of anilines is 1. The SMILES string of the molecule is C[C@H](Nc1nccc2cccc(Oc3cccc(C(F)(F)F)c3)c12)c1ccc(C(O)O)cc1. The number of ether oxygens (including phenoxy) is 1. The number of nitrogens with one attached hydrogen (secondary N) is 1. The third-order valence-electron chi connectivity index (χ3n) is 5.23. The molecule has 0 saturated carbocycles. The zero-order chi connectivity index (χ0) is 23.6. The van der Waals surface area contributed by atoms with E-state index in [1.807, 2.05) is 13.0 Å². The van der Waals surface area contributed by atoms with Gasteiger partial charge < -0.3 is 20.3 Å². The lowest BCUT2D eigenvalue weighted by Crippen LogP contribution is -2.09. The van der Waals surface area contributed by atoms with Crippen LogP contribution >= 0.6 is 0 Å². The van der Waals surface area contributed by atoms with Crippen LogP contribution in [0.2, 0.25) is 0 Å². The summed E-state index contributed by atoms with van der Waals surface area (Å²) in [6.45, 7) is 1.92. The molecule has 0 saturated heterocycles. The number of aromatic nitrogens is 1. The van der Waals surface area contributed by atoms with Crippen molar-refractivity contribution in [1.82, 2.24) is 4.98 Å². The molecule has 8 heteroatoms. The predicted molar refractivity (Wildman–Crippen MR) is 119 cm³/mol. The van der Waals surface area contributed by atoms with Gasteiger partial charge >= 0.3 is 6.18 Å². The van der Waals surface area contributed by atoms with Crippen LogP contribution in [-0.4, -0.2) is 15.2 Å². The Morgan fingerprint density at radius 2 is 1.61 bits per heavy atom. The number of pyridine rings is 1. The summed E-state index contributed by atoms with van der Waals surface area (Å²) >= 11 is 0. The molecule has 0 amide bonds. The highest BCUT2D eigenvalue weighted by atomic mass is 19.4. The van der Waals surface area contributed by atoms with Crippen LogP contribution in [-0.2, 0) is 6.18 Å². The summed E-state index contributed by atoms with van der Waals surface area (Å²) in [7, 11) is 0. The average Bonchev–Trinajstić information content (AvgIpc) is 2.79. The second kappa shape index (κ2) is 9.09. The van der Waals surface area contributed by atoms with Crippen LogP contribution in [0.3, 0.4) is 0 Å². The zero-order valence-electron chi connectivity index (χ0n) is 17.5. The van der Waals surface area contributed by atoms with Crippen LogP contribution in [0.1, 0.15) is 35.9 Å². The van der Waals surface area contributed by atoms with Gasteiger partial charge in [0.05, 0.1) is 10.9 Å². The highest BCUT2D eigenvalue weighted by Gasteiger charge is 2.30. The molecule has 3 N–H and O–H groups in total. The lowest BCUT2D eigenvalue weighted by Gasteiger charge is -2.19. The number of hydrogen-bond acceptors (Lipinski definition) is 5. The molecule has 5 nitrogen and oxygen atoms in total. The highest BCUT2D eigenvalue weighted by Crippen LogP contribution is 2.37. The summed E-state index contributed by atoms with van der Waals surface area (Å²) in [6.07, 6.45) is -4.38. The Morgan fingerprint density at radius 3 is 2.30 bits per heavy atom. The standard InChI is InChI=1S/C25H21F3N2O3/c1-15(16-8-10-18(11-9-16)24(31)32)30-23-22-17(12-13-29-23)4-2-7-21(22)33-20-6-3-5-19(14-20)25(26,27)28/h2-15,24,31-32H,1H3,(H,29,30)/t15-/m0/s1. The van der Waals surface area contributed by atoms with Crippen LogP contribution in [0.15, 0.2) is 79.0 Å². The van der Waals surface area contributed by atoms with E-state index in [0.29, 0.717) is 22.5 Å². The van der Waals surface area contributed by atoms with Crippen molar-refractivity contribution in [3.63, 3.8) is 0 Å². The smallest absolute Gasteiger partial charge is 0.416 e. The first-order valence-electron chi connectivity index (χ1n) is 10.2. The summed E-state index contributed by atoms with van der Waals surface area (Å²) in [5.74, 6) is 0.945. The fourth-order valence-electron chi connectivity index (χ4n) is 3.50. The average molecular weight is 454 g/mol. The first-order chi connectivity index (χ1) is 15.7. The molecule has 0 aliphatic carbocycles. The number of aliphatic hydroxyl groups excluding tert-OH is 1. The summed E-state index contributed by atoms with van der Waals surface area (Å²) < 4.78 is 45.1. The molecule has 1 atom stereocenters. The monoisotopic (exact) mass is 454 g/mol. The molecule has 0 spiro atoms. The van der Waals surface area contributed by atoms with Crippen LogP contribution in [0, 0.1) is 0 Å². The van der Waals surface area contributed by atoms with Gasteiger partial charge in [-0.3, -0.25) is 0 Å². The summed E-state index contributed by atoms with van der Waals surface area (Å²) in [4.78, 5) is 4.43. The number of hydrogen-bond donors (Lipinski definition) is 3. The van der Waals surface area contributed by atoms with Gasteiger partial charge in [-0.2, -0.15) is 13.2 Å². The molecule has 4 aromatic rings. The second-order valence-electron chi connectivity index (χ2n) is 7.55. The molecule has 33 heavy (non-hydrogen) atoms. The number of halogens is 3. The zero-order valence-corrected chi connectivity index (χ0v) is 17.5. The van der Waals surface area contributed by atoms with Gasteiger partial charge in [-0.1, -0.05) is 42.5 Å². The molecule has 4 rings (SSSR count). The maximum atomic E-state index is 13.1. The predicted octanol–water partition coefficient (Wildman–Crippen LogP) is 6.20. The van der Waals surface area contributed by atoms with Crippen LogP contribution in [0.25, 0.3) is 10.8 Å². The van der Waals surface area contributed by atoms with Gasteiger partial charge in [0.15, 0.2) is 6.29 Å². The minimum atomic E-state index is -4.47. The number of aliphatic hydroxyl groups is 2. The first kappa shape index (κ1) is 22.6.